The molecule has 1 N–H and O–H groups in total. The van der Waals surface area contributed by atoms with Crippen LogP contribution in [0.1, 0.15) is 0 Å². The second-order valence-electron chi connectivity index (χ2n) is 2.17. The average Bonchev–Trinajstić information content (AvgIpc) is 2.04. The van der Waals surface area contributed by atoms with Gasteiger partial charge in [0, 0.05) is 0 Å². The van der Waals surface area contributed by atoms with Crippen LogP contribution in [0.4, 0.5) is 5.69 Å². The van der Waals surface area contributed by atoms with E-state index in [4.69, 9.17) is 4.55 Å². The molecule has 0 saturated heterocycles. The van der Waals surface area contributed by atoms with Crippen LogP contribution in [0.15, 0.2) is 34.2 Å². The number of hydrogen-bond donors (Lipinski definition) is 1. The Morgan fingerprint density at radius 2 is 1.79 bits per heavy atom. The minimum absolute atomic E-state index is 0. The van der Waals surface area contributed by atoms with Gasteiger partial charge in [-0.05, 0) is 36.5 Å². The zero-order valence-corrected chi connectivity index (χ0v) is 7.97. The van der Waals surface area contributed by atoms with Crippen LogP contribution in [-0.2, 0) is 10.1 Å². The summed E-state index contributed by atoms with van der Waals surface area (Å²) in [5.74, 6) is 0. The van der Waals surface area contributed by atoms with Gasteiger partial charge in [-0.25, -0.2) is 0 Å². The van der Waals surface area contributed by atoms with E-state index in [1.54, 1.807) is 0 Å². The summed E-state index contributed by atoms with van der Waals surface area (Å²) < 4.78 is 29.8. The van der Waals surface area contributed by atoms with Gasteiger partial charge in [-0.2, -0.15) is 13.4 Å². The number of hydrogen-bond acceptors (Lipinski definition) is 4. The maximum atomic E-state index is 10.6. The molecule has 0 heterocycles. The Morgan fingerprint density at radius 1 is 1.29 bits per heavy atom. The number of isothiocyanates is 1. The number of rotatable bonds is 2. The molecule has 0 amide bonds. The van der Waals surface area contributed by atoms with Gasteiger partial charge in [-0.15, -0.1) is 0 Å². The van der Waals surface area contributed by atoms with Crippen molar-refractivity contribution < 1.29 is 13.0 Å². The van der Waals surface area contributed by atoms with E-state index in [1.807, 2.05) is 0 Å². The molecule has 14 heavy (non-hydrogen) atoms. The number of thiocarbonyl (C=S) groups is 1. The molecule has 1 aromatic carbocycles. The summed E-state index contributed by atoms with van der Waals surface area (Å²) in [5, 5.41) is 2.14. The molecule has 0 saturated carbocycles. The third kappa shape index (κ3) is 3.98. The van der Waals surface area contributed by atoms with E-state index >= 15 is 0 Å². The molecule has 1 aromatic rings. The quantitative estimate of drug-likeness (QED) is 0.362. The predicted molar refractivity (Wildman–Crippen MR) is 58.1 cm³/mol. The molecule has 1 rings (SSSR count). The Hall–Kier alpha value is -0.0700. The third-order valence-electron chi connectivity index (χ3n) is 1.31. The molecular weight excluding hydrogens is 233 g/mol. The van der Waals surface area contributed by atoms with E-state index in [0.717, 1.165) is 0 Å². The molecule has 0 aliphatic rings. The Balaban J connectivity index is 0.00000169. The van der Waals surface area contributed by atoms with Crippen LogP contribution in [0.25, 0.3) is 0 Å². The molecule has 4 nitrogen and oxygen atoms in total. The van der Waals surface area contributed by atoms with E-state index in [2.05, 4.69) is 22.4 Å². The topological polar surface area (TPSA) is 66.7 Å². The maximum absolute atomic E-state index is 10.6. The third-order valence-corrected chi connectivity index (χ3v) is 2.27. The summed E-state index contributed by atoms with van der Waals surface area (Å²) in [5.41, 5.74) is 0.488. The van der Waals surface area contributed by atoms with Gasteiger partial charge in [0.25, 0.3) is 10.1 Å². The van der Waals surface area contributed by atoms with Gasteiger partial charge < -0.3 is 0 Å². The van der Waals surface area contributed by atoms with Crippen molar-refractivity contribution in [2.24, 2.45) is 4.99 Å². The molecule has 0 atom stereocenters. The van der Waals surface area contributed by atoms with E-state index in [1.165, 1.54) is 24.3 Å². The molecule has 0 aromatic heterocycles. The Morgan fingerprint density at radius 3 is 2.14 bits per heavy atom. The summed E-state index contributed by atoms with van der Waals surface area (Å²) in [6.07, 6.45) is 0. The molecule has 7 heteroatoms. The van der Waals surface area contributed by atoms with Crippen LogP contribution in [0.3, 0.4) is 0 Å². The first-order valence-electron chi connectivity index (χ1n) is 3.19. The minimum atomic E-state index is -4.12. The van der Waals surface area contributed by atoms with Crippen molar-refractivity contribution in [2.45, 2.75) is 4.90 Å². The van der Waals surface area contributed by atoms with Crippen molar-refractivity contribution in [2.75, 3.05) is 0 Å². The summed E-state index contributed by atoms with van der Waals surface area (Å²) in [4.78, 5) is 3.45. The zero-order valence-electron chi connectivity index (χ0n) is 6.34. The number of nitrogens with zero attached hydrogens (tertiary/aromatic N) is 1. The predicted octanol–water partition coefficient (Wildman–Crippen LogP) is 1.02. The summed E-state index contributed by atoms with van der Waals surface area (Å²) in [6.45, 7) is 0. The van der Waals surface area contributed by atoms with Gasteiger partial charge in [0.1, 0.15) is 0 Å². The Bertz CT molecular complexity index is 448. The van der Waals surface area contributed by atoms with Crippen molar-refractivity contribution in [3.63, 3.8) is 0 Å². The average molecular weight is 239 g/mol. The van der Waals surface area contributed by atoms with Crippen molar-refractivity contribution in [3.05, 3.63) is 24.3 Å². The molecule has 0 aliphatic carbocycles. The fourth-order valence-corrected chi connectivity index (χ4v) is 1.33. The van der Waals surface area contributed by atoms with Crippen molar-refractivity contribution in [1.82, 2.24) is 0 Å². The molecule has 0 fully saturated rings. The normalized spacial score (nSPS) is 9.79. The van der Waals surface area contributed by atoms with Crippen LogP contribution >= 0.6 is 12.2 Å². The van der Waals surface area contributed by atoms with Gasteiger partial charge in [0.05, 0.1) is 15.7 Å². The standard InChI is InChI=1S/C7H5NO3S2.Na.H/c9-13(10,11)7-3-1-6(2-4-7)8-5-12;;/h1-4H,(H,9,10,11);;. The fraction of sp³-hybridized carbons (Fsp3) is 0. The van der Waals surface area contributed by atoms with Gasteiger partial charge in [-0.1, -0.05) is 0 Å². The summed E-state index contributed by atoms with van der Waals surface area (Å²) in [7, 11) is -4.12. The van der Waals surface area contributed by atoms with Crippen molar-refractivity contribution in [1.29, 1.82) is 0 Å². The molecule has 0 radical (unpaired) electrons. The van der Waals surface area contributed by atoms with Crippen molar-refractivity contribution >= 4 is 62.7 Å². The van der Waals surface area contributed by atoms with Gasteiger partial charge in [0.15, 0.2) is 0 Å². The van der Waals surface area contributed by atoms with Crippen molar-refractivity contribution in [3.8, 4) is 0 Å². The SMILES string of the molecule is O=S(=O)(O)c1ccc(N=C=S)cc1.[NaH]. The van der Waals surface area contributed by atoms with Gasteiger partial charge in [0.2, 0.25) is 0 Å². The summed E-state index contributed by atoms with van der Waals surface area (Å²) >= 11 is 4.36. The monoisotopic (exact) mass is 239 g/mol. The van der Waals surface area contributed by atoms with Gasteiger partial charge in [-0.3, -0.25) is 4.55 Å². The second kappa shape index (κ2) is 5.72. The molecule has 0 unspecified atom stereocenters. The molecule has 70 valence electrons. The van der Waals surface area contributed by atoms with E-state index < -0.39 is 10.1 Å². The van der Waals surface area contributed by atoms with Crippen LogP contribution in [0, 0.1) is 0 Å². The number of aliphatic imine (C=N–C) groups is 1. The van der Waals surface area contributed by atoms with E-state index in [-0.39, 0.29) is 34.5 Å². The molecule has 0 spiro atoms. The first-order chi connectivity index (χ1) is 6.04. The summed E-state index contributed by atoms with van der Waals surface area (Å²) in [6, 6.07) is 5.31. The first-order valence-corrected chi connectivity index (χ1v) is 5.04. The van der Waals surface area contributed by atoms with Crippen LogP contribution in [-0.4, -0.2) is 47.7 Å². The van der Waals surface area contributed by atoms with Crippen LogP contribution in [0.2, 0.25) is 0 Å². The van der Waals surface area contributed by atoms with Gasteiger partial charge >= 0.3 is 29.6 Å². The molecule has 0 bridgehead atoms. The molecule has 0 aliphatic heterocycles. The fourth-order valence-electron chi connectivity index (χ4n) is 0.745. The zero-order chi connectivity index (χ0) is 9.90. The van der Waals surface area contributed by atoms with Crippen LogP contribution < -0.4 is 0 Å². The Labute approximate surface area is 109 Å². The van der Waals surface area contributed by atoms with E-state index in [9.17, 15) is 8.42 Å². The van der Waals surface area contributed by atoms with E-state index in [0.29, 0.717) is 5.69 Å². The Kier molecular flexibility index (Phi) is 5.70. The molecular formula is C7H6NNaO3S2. The first kappa shape index (κ1) is 13.9. The number of benzene rings is 1. The van der Waals surface area contributed by atoms with Crippen LogP contribution in [0.5, 0.6) is 0 Å². The second-order valence-corrected chi connectivity index (χ2v) is 3.78.